The van der Waals surface area contributed by atoms with Gasteiger partial charge in [0.15, 0.2) is 5.82 Å². The van der Waals surface area contributed by atoms with E-state index in [1.165, 1.54) is 11.1 Å². The van der Waals surface area contributed by atoms with Gasteiger partial charge in [-0.15, -0.1) is 0 Å². The first-order valence-corrected chi connectivity index (χ1v) is 7.33. The molecule has 0 bridgehead atoms. The molecule has 1 aliphatic carbocycles. The number of anilines is 2. The molecule has 1 aromatic carbocycles. The second-order valence-corrected chi connectivity index (χ2v) is 5.49. The van der Waals surface area contributed by atoms with Crippen LogP contribution in [0.3, 0.4) is 0 Å². The van der Waals surface area contributed by atoms with Crippen LogP contribution in [0.5, 0.6) is 0 Å². The summed E-state index contributed by atoms with van der Waals surface area (Å²) >= 11 is 0. The highest BCUT2D eigenvalue weighted by molar-refractivity contribution is 5.44. The van der Waals surface area contributed by atoms with Gasteiger partial charge < -0.3 is 20.9 Å². The molecule has 0 aliphatic heterocycles. The van der Waals surface area contributed by atoms with E-state index >= 15 is 0 Å². The minimum absolute atomic E-state index is 0.126. The molecule has 1 aliphatic rings. The summed E-state index contributed by atoms with van der Waals surface area (Å²) in [5, 5.41) is 4.06. The number of hydrogen-bond acceptors (Lipinski definition) is 5. The molecule has 1 aromatic heterocycles. The molecule has 2 aromatic rings. The summed E-state index contributed by atoms with van der Waals surface area (Å²) in [7, 11) is 0. The quantitative estimate of drug-likeness (QED) is 0.828. The normalized spacial score (nSPS) is 17.3. The van der Waals surface area contributed by atoms with Crippen molar-refractivity contribution in [2.45, 2.75) is 19.0 Å². The third kappa shape index (κ3) is 3.56. The first-order valence-electron chi connectivity index (χ1n) is 7.33. The van der Waals surface area contributed by atoms with Crippen molar-refractivity contribution >= 4 is 11.5 Å². The standard InChI is InChI=1S/C17H20N4O/c18-15-5-1-13(2-6-15)11-21(17-9-10-22-20-17)12-14-3-7-16(19)8-4-14/h1-7,9-10,16H,8,11-12,18-19H2. The first-order chi connectivity index (χ1) is 10.7. The molecular weight excluding hydrogens is 276 g/mol. The molecule has 1 heterocycles. The molecule has 0 fully saturated rings. The summed E-state index contributed by atoms with van der Waals surface area (Å²) in [4.78, 5) is 2.17. The lowest BCUT2D eigenvalue weighted by atomic mass is 10.0. The van der Waals surface area contributed by atoms with Gasteiger partial charge in [-0.1, -0.05) is 35.5 Å². The highest BCUT2D eigenvalue weighted by Gasteiger charge is 2.13. The van der Waals surface area contributed by atoms with Gasteiger partial charge >= 0.3 is 0 Å². The molecule has 0 spiro atoms. The fourth-order valence-electron chi connectivity index (χ4n) is 2.45. The molecule has 0 radical (unpaired) electrons. The number of aromatic nitrogens is 1. The van der Waals surface area contributed by atoms with Crippen LogP contribution in [0.4, 0.5) is 11.5 Å². The third-order valence-corrected chi connectivity index (χ3v) is 3.68. The van der Waals surface area contributed by atoms with Gasteiger partial charge in [0.25, 0.3) is 0 Å². The Hall–Kier alpha value is -2.53. The lowest BCUT2D eigenvalue weighted by Gasteiger charge is -2.24. The summed E-state index contributed by atoms with van der Waals surface area (Å²) in [5.74, 6) is 0.820. The van der Waals surface area contributed by atoms with Crippen LogP contribution in [0.25, 0.3) is 0 Å². The number of benzene rings is 1. The van der Waals surface area contributed by atoms with E-state index < -0.39 is 0 Å². The second-order valence-electron chi connectivity index (χ2n) is 5.49. The molecule has 5 nitrogen and oxygen atoms in total. The van der Waals surface area contributed by atoms with E-state index in [0.29, 0.717) is 0 Å². The number of hydrogen-bond donors (Lipinski definition) is 2. The molecule has 3 rings (SSSR count). The van der Waals surface area contributed by atoms with Gasteiger partial charge in [0.1, 0.15) is 6.26 Å². The van der Waals surface area contributed by atoms with Crippen LogP contribution >= 0.6 is 0 Å². The van der Waals surface area contributed by atoms with Crippen LogP contribution in [0.15, 0.2) is 64.9 Å². The van der Waals surface area contributed by atoms with E-state index in [0.717, 1.165) is 31.0 Å². The van der Waals surface area contributed by atoms with Crippen molar-refractivity contribution in [3.63, 3.8) is 0 Å². The molecule has 0 saturated heterocycles. The highest BCUT2D eigenvalue weighted by atomic mass is 16.5. The fourth-order valence-corrected chi connectivity index (χ4v) is 2.45. The predicted octanol–water partition coefficient (Wildman–Crippen LogP) is 2.48. The zero-order valence-corrected chi connectivity index (χ0v) is 12.4. The zero-order chi connectivity index (χ0) is 15.4. The number of nitrogens with two attached hydrogens (primary N) is 2. The molecule has 114 valence electrons. The maximum absolute atomic E-state index is 5.88. The van der Waals surface area contributed by atoms with Crippen LogP contribution in [0, 0.1) is 0 Å². The van der Waals surface area contributed by atoms with Crippen molar-refractivity contribution in [2.24, 2.45) is 5.73 Å². The van der Waals surface area contributed by atoms with Crippen molar-refractivity contribution in [3.05, 3.63) is 66.0 Å². The van der Waals surface area contributed by atoms with E-state index in [1.807, 2.05) is 36.4 Å². The summed E-state index contributed by atoms with van der Waals surface area (Å²) < 4.78 is 4.99. The lowest BCUT2D eigenvalue weighted by Crippen LogP contribution is -2.27. The Kier molecular flexibility index (Phi) is 4.25. The average molecular weight is 296 g/mol. The van der Waals surface area contributed by atoms with Crippen molar-refractivity contribution in [2.75, 3.05) is 17.2 Å². The van der Waals surface area contributed by atoms with Crippen molar-refractivity contribution < 1.29 is 4.52 Å². The smallest absolute Gasteiger partial charge is 0.172 e. The maximum atomic E-state index is 5.88. The molecule has 4 N–H and O–H groups in total. The van der Waals surface area contributed by atoms with Gasteiger partial charge in [0, 0.05) is 30.9 Å². The van der Waals surface area contributed by atoms with Crippen LogP contribution in [-0.4, -0.2) is 17.7 Å². The van der Waals surface area contributed by atoms with Gasteiger partial charge in [-0.05, 0) is 29.7 Å². The number of rotatable bonds is 5. The van der Waals surface area contributed by atoms with Crippen LogP contribution in [0.2, 0.25) is 0 Å². The maximum Gasteiger partial charge on any atom is 0.172 e. The SMILES string of the molecule is Nc1ccc(CN(CC2=CCC(N)C=C2)c2ccon2)cc1. The topological polar surface area (TPSA) is 81.3 Å². The first kappa shape index (κ1) is 14.4. The minimum atomic E-state index is 0.126. The molecule has 1 unspecified atom stereocenters. The molecule has 5 heteroatoms. The van der Waals surface area contributed by atoms with Crippen molar-refractivity contribution in [1.29, 1.82) is 0 Å². The Balaban J connectivity index is 1.76. The van der Waals surface area contributed by atoms with Gasteiger partial charge in [-0.2, -0.15) is 0 Å². The summed E-state index contributed by atoms with van der Waals surface area (Å²) in [5.41, 5.74) is 14.8. The Morgan fingerprint density at radius 3 is 2.64 bits per heavy atom. The summed E-state index contributed by atoms with van der Waals surface area (Å²) in [6.07, 6.45) is 8.77. The summed E-state index contributed by atoms with van der Waals surface area (Å²) in [6, 6.07) is 9.88. The zero-order valence-electron chi connectivity index (χ0n) is 12.4. The van der Waals surface area contributed by atoms with Crippen molar-refractivity contribution in [1.82, 2.24) is 5.16 Å². The lowest BCUT2D eigenvalue weighted by molar-refractivity contribution is 0.419. The van der Waals surface area contributed by atoms with E-state index in [4.69, 9.17) is 16.0 Å². The monoisotopic (exact) mass is 296 g/mol. The molecule has 22 heavy (non-hydrogen) atoms. The second kappa shape index (κ2) is 6.49. The van der Waals surface area contributed by atoms with E-state index in [1.54, 1.807) is 6.26 Å². The number of nitrogens with zero attached hydrogens (tertiary/aromatic N) is 2. The van der Waals surface area contributed by atoms with Gasteiger partial charge in [0.05, 0.1) is 0 Å². The van der Waals surface area contributed by atoms with Crippen LogP contribution in [-0.2, 0) is 6.54 Å². The highest BCUT2D eigenvalue weighted by Crippen LogP contribution is 2.19. The van der Waals surface area contributed by atoms with Crippen molar-refractivity contribution in [3.8, 4) is 0 Å². The largest absolute Gasteiger partial charge is 0.399 e. The average Bonchev–Trinajstić information content (AvgIpc) is 3.05. The van der Waals surface area contributed by atoms with E-state index in [-0.39, 0.29) is 6.04 Å². The molecule has 1 atom stereocenters. The Bertz CT molecular complexity index is 658. The Labute approximate surface area is 129 Å². The summed E-state index contributed by atoms with van der Waals surface area (Å²) in [6.45, 7) is 1.50. The van der Waals surface area contributed by atoms with Gasteiger partial charge in [0.2, 0.25) is 0 Å². The Morgan fingerprint density at radius 1 is 1.18 bits per heavy atom. The number of nitrogen functional groups attached to an aromatic ring is 1. The molecular formula is C17H20N4O. The molecule has 0 saturated carbocycles. The van der Waals surface area contributed by atoms with E-state index in [9.17, 15) is 0 Å². The fraction of sp³-hybridized carbons (Fsp3) is 0.235. The van der Waals surface area contributed by atoms with Crippen LogP contribution in [0.1, 0.15) is 12.0 Å². The van der Waals surface area contributed by atoms with Crippen LogP contribution < -0.4 is 16.4 Å². The van der Waals surface area contributed by atoms with Gasteiger partial charge in [-0.3, -0.25) is 0 Å². The molecule has 0 amide bonds. The van der Waals surface area contributed by atoms with Gasteiger partial charge in [-0.25, -0.2) is 0 Å². The predicted molar refractivity (Wildman–Crippen MR) is 88.2 cm³/mol. The Morgan fingerprint density at radius 2 is 2.00 bits per heavy atom. The third-order valence-electron chi connectivity index (χ3n) is 3.68. The minimum Gasteiger partial charge on any atom is -0.399 e. The van der Waals surface area contributed by atoms with E-state index in [2.05, 4.69) is 22.2 Å².